The predicted molar refractivity (Wildman–Crippen MR) is 276 cm³/mol. The van der Waals surface area contributed by atoms with Crippen molar-refractivity contribution in [3.63, 3.8) is 0 Å². The van der Waals surface area contributed by atoms with E-state index in [1.165, 1.54) is 135 Å². The first-order valence-electron chi connectivity index (χ1n) is 27.2. The normalized spacial score (nSPS) is 20.4. The first-order chi connectivity index (χ1) is 32.3. The van der Waals surface area contributed by atoms with E-state index < -0.39 is 49.5 Å². The van der Waals surface area contributed by atoms with E-state index in [-0.39, 0.29) is 12.5 Å². The molecule has 7 unspecified atom stereocenters. The number of amides is 1. The summed E-state index contributed by atoms with van der Waals surface area (Å²) >= 11 is 0. The molecule has 1 saturated heterocycles. The molecule has 0 aromatic rings. The van der Waals surface area contributed by atoms with Crippen LogP contribution in [0.15, 0.2) is 72.9 Å². The molecule has 9 nitrogen and oxygen atoms in total. The number of nitrogens with one attached hydrogen (secondary N) is 1. The number of aliphatic hydroxyl groups excluding tert-OH is 5. The lowest BCUT2D eigenvalue weighted by molar-refractivity contribution is -0.302. The molecule has 1 heterocycles. The van der Waals surface area contributed by atoms with E-state index in [4.69, 9.17) is 9.47 Å². The number of aliphatic hydroxyl groups is 5. The predicted octanol–water partition coefficient (Wildman–Crippen LogP) is 12.9. The van der Waals surface area contributed by atoms with E-state index in [0.717, 1.165) is 70.6 Å². The second-order valence-corrected chi connectivity index (χ2v) is 18.6. The molecular formula is C57H101NO8. The average Bonchev–Trinajstić information content (AvgIpc) is 3.32. The van der Waals surface area contributed by atoms with E-state index in [1.807, 2.05) is 6.08 Å². The van der Waals surface area contributed by atoms with Gasteiger partial charge in [0.2, 0.25) is 5.91 Å². The lowest BCUT2D eigenvalue weighted by Crippen LogP contribution is -2.60. The molecule has 7 atom stereocenters. The molecule has 0 bridgehead atoms. The highest BCUT2D eigenvalue weighted by molar-refractivity contribution is 5.76. The quantitative estimate of drug-likeness (QED) is 0.0261. The molecule has 0 saturated carbocycles. The molecule has 0 radical (unpaired) electrons. The van der Waals surface area contributed by atoms with Crippen molar-refractivity contribution >= 4 is 5.91 Å². The summed E-state index contributed by atoms with van der Waals surface area (Å²) < 4.78 is 11.2. The summed E-state index contributed by atoms with van der Waals surface area (Å²) in [6.45, 7) is 3.67. The second kappa shape index (κ2) is 46.4. The molecule has 1 amide bonds. The fourth-order valence-corrected chi connectivity index (χ4v) is 8.24. The third-order valence-electron chi connectivity index (χ3n) is 12.5. The fraction of sp³-hybridized carbons (Fsp3) is 0.772. The summed E-state index contributed by atoms with van der Waals surface area (Å²) in [5.41, 5.74) is 0. The Balaban J connectivity index is 2.24. The van der Waals surface area contributed by atoms with Crippen LogP contribution in [0.2, 0.25) is 0 Å². The molecule has 66 heavy (non-hydrogen) atoms. The Labute approximate surface area is 404 Å². The summed E-state index contributed by atoms with van der Waals surface area (Å²) in [5.74, 6) is -0.182. The number of rotatable bonds is 45. The summed E-state index contributed by atoms with van der Waals surface area (Å²) in [5, 5.41) is 54.4. The Bertz CT molecular complexity index is 1260. The van der Waals surface area contributed by atoms with Gasteiger partial charge in [-0.15, -0.1) is 0 Å². The van der Waals surface area contributed by atoms with E-state index in [0.29, 0.717) is 6.42 Å². The highest BCUT2D eigenvalue weighted by atomic mass is 16.7. The Morgan fingerprint density at radius 3 is 1.39 bits per heavy atom. The van der Waals surface area contributed by atoms with Gasteiger partial charge in [0.05, 0.1) is 25.4 Å². The van der Waals surface area contributed by atoms with Gasteiger partial charge in [0.1, 0.15) is 24.4 Å². The van der Waals surface area contributed by atoms with Gasteiger partial charge in [-0.1, -0.05) is 228 Å². The van der Waals surface area contributed by atoms with Crippen molar-refractivity contribution in [1.29, 1.82) is 0 Å². The summed E-state index contributed by atoms with van der Waals surface area (Å²) in [7, 11) is 0. The van der Waals surface area contributed by atoms with E-state index in [1.54, 1.807) is 6.08 Å². The second-order valence-electron chi connectivity index (χ2n) is 18.6. The van der Waals surface area contributed by atoms with Gasteiger partial charge in [-0.3, -0.25) is 4.79 Å². The van der Waals surface area contributed by atoms with Crippen LogP contribution >= 0.6 is 0 Å². The zero-order valence-corrected chi connectivity index (χ0v) is 42.2. The number of allylic oxidation sites excluding steroid dienone is 11. The van der Waals surface area contributed by atoms with Crippen LogP contribution in [0.3, 0.4) is 0 Å². The van der Waals surface area contributed by atoms with Crippen molar-refractivity contribution in [3.8, 4) is 0 Å². The molecule has 9 heteroatoms. The van der Waals surface area contributed by atoms with Crippen molar-refractivity contribution in [1.82, 2.24) is 5.32 Å². The zero-order valence-electron chi connectivity index (χ0n) is 42.2. The van der Waals surface area contributed by atoms with Gasteiger partial charge in [-0.25, -0.2) is 0 Å². The van der Waals surface area contributed by atoms with Crippen LogP contribution in [0.25, 0.3) is 0 Å². The van der Waals surface area contributed by atoms with Crippen LogP contribution in [0, 0.1) is 0 Å². The Morgan fingerprint density at radius 2 is 0.939 bits per heavy atom. The monoisotopic (exact) mass is 928 g/mol. The van der Waals surface area contributed by atoms with Crippen LogP contribution in [0.4, 0.5) is 0 Å². The maximum atomic E-state index is 13.0. The molecule has 1 aliphatic rings. The molecular weight excluding hydrogens is 827 g/mol. The summed E-state index contributed by atoms with van der Waals surface area (Å²) in [6, 6.07) is -0.810. The number of carbonyl (C=O) groups is 1. The lowest BCUT2D eigenvalue weighted by Gasteiger charge is -2.40. The van der Waals surface area contributed by atoms with Crippen LogP contribution in [0.5, 0.6) is 0 Å². The van der Waals surface area contributed by atoms with Gasteiger partial charge in [-0.05, 0) is 64.2 Å². The molecule has 6 N–H and O–H groups in total. The minimum absolute atomic E-state index is 0.182. The molecule has 382 valence electrons. The maximum absolute atomic E-state index is 13.0. The first-order valence-corrected chi connectivity index (χ1v) is 27.2. The Morgan fingerprint density at radius 1 is 0.530 bits per heavy atom. The number of hydrogen-bond acceptors (Lipinski definition) is 8. The first kappa shape index (κ1) is 61.6. The fourth-order valence-electron chi connectivity index (χ4n) is 8.24. The maximum Gasteiger partial charge on any atom is 0.220 e. The van der Waals surface area contributed by atoms with Crippen molar-refractivity contribution < 1.29 is 39.8 Å². The topological polar surface area (TPSA) is 149 Å². The summed E-state index contributed by atoms with van der Waals surface area (Å²) in [6.07, 6.45) is 56.6. The van der Waals surface area contributed by atoms with Crippen LogP contribution in [-0.4, -0.2) is 87.5 Å². The molecule has 1 rings (SSSR count). The highest BCUT2D eigenvalue weighted by Crippen LogP contribution is 2.23. The molecule has 0 spiro atoms. The van der Waals surface area contributed by atoms with E-state index in [9.17, 15) is 30.3 Å². The van der Waals surface area contributed by atoms with E-state index in [2.05, 4.69) is 79.9 Å². The molecule has 1 fully saturated rings. The number of carbonyl (C=O) groups excluding carboxylic acids is 1. The van der Waals surface area contributed by atoms with Gasteiger partial charge < -0.3 is 40.3 Å². The third-order valence-corrected chi connectivity index (χ3v) is 12.5. The zero-order chi connectivity index (χ0) is 48.0. The number of ether oxygens (including phenoxy) is 2. The molecule has 1 aliphatic heterocycles. The number of unbranched alkanes of at least 4 members (excludes halogenated alkanes) is 25. The van der Waals surface area contributed by atoms with Crippen LogP contribution in [-0.2, 0) is 14.3 Å². The SMILES string of the molecule is CC/C=C\C/C=C\C/C=C\C/C=C\C/C=C\CCCCCCCCCCCCCC(=O)NC(COC1OC(CO)C(O)C(O)C1O)C(O)/C=C/CCCCCCCCCCCCCCCC. The highest BCUT2D eigenvalue weighted by Gasteiger charge is 2.44. The minimum Gasteiger partial charge on any atom is -0.394 e. The Hall–Kier alpha value is -2.37. The molecule has 0 aromatic heterocycles. The van der Waals surface area contributed by atoms with Gasteiger partial charge >= 0.3 is 0 Å². The lowest BCUT2D eigenvalue weighted by atomic mass is 9.99. The average molecular weight is 928 g/mol. The van der Waals surface area contributed by atoms with Gasteiger partial charge in [0, 0.05) is 6.42 Å². The molecule has 0 aliphatic carbocycles. The summed E-state index contributed by atoms with van der Waals surface area (Å²) in [4.78, 5) is 13.0. The van der Waals surface area contributed by atoms with Crippen molar-refractivity contribution in [2.24, 2.45) is 0 Å². The minimum atomic E-state index is -1.57. The van der Waals surface area contributed by atoms with Crippen LogP contribution < -0.4 is 5.32 Å². The Kier molecular flexibility index (Phi) is 43.3. The smallest absolute Gasteiger partial charge is 0.220 e. The number of hydrogen-bond donors (Lipinski definition) is 6. The molecule has 0 aromatic carbocycles. The standard InChI is InChI=1S/C57H101NO8/c1-3-5-7-9-11-13-15-17-19-21-22-23-24-25-26-27-28-29-30-31-33-35-37-39-41-43-45-47-53(61)58-50(49-65-57-56(64)55(63)54(62)52(48-59)66-57)51(60)46-44-42-40-38-36-34-32-20-18-16-14-12-10-8-6-4-2/h5,7,11,13,17,19,22-23,25-26,44,46,50-52,54-57,59-60,62-64H,3-4,6,8-10,12,14-16,18,20-21,24,27-43,45,47-49H2,1-2H3,(H,58,61)/b7-5-,13-11-,19-17-,23-22-,26-25-,46-44+. The van der Waals surface area contributed by atoms with Gasteiger partial charge in [0.25, 0.3) is 0 Å². The van der Waals surface area contributed by atoms with Crippen molar-refractivity contribution in [3.05, 3.63) is 72.9 Å². The van der Waals surface area contributed by atoms with Crippen LogP contribution in [0.1, 0.15) is 226 Å². The van der Waals surface area contributed by atoms with E-state index >= 15 is 0 Å². The largest absolute Gasteiger partial charge is 0.394 e. The van der Waals surface area contributed by atoms with Crippen molar-refractivity contribution in [2.45, 2.75) is 269 Å². The van der Waals surface area contributed by atoms with Gasteiger partial charge in [-0.2, -0.15) is 0 Å². The third kappa shape index (κ3) is 35.7. The van der Waals surface area contributed by atoms with Crippen molar-refractivity contribution in [2.75, 3.05) is 13.2 Å². The van der Waals surface area contributed by atoms with Gasteiger partial charge in [0.15, 0.2) is 6.29 Å².